The SMILES string of the molecule is O=C(O)[C@@H]1[C@@H](C(=O)N(Cc2ccccc2)Cc2ccccc2)[C@H]2C=C[C@@H]1C2. The van der Waals surface area contributed by atoms with E-state index in [-0.39, 0.29) is 17.7 Å². The molecule has 0 radical (unpaired) electrons. The van der Waals surface area contributed by atoms with Crippen LogP contribution in [0.25, 0.3) is 0 Å². The fourth-order valence-corrected chi connectivity index (χ4v) is 4.53. The molecule has 0 aliphatic heterocycles. The fourth-order valence-electron chi connectivity index (χ4n) is 4.53. The van der Waals surface area contributed by atoms with Crippen molar-refractivity contribution in [2.75, 3.05) is 0 Å². The standard InChI is InChI=1S/C23H23NO3/c25-22(20-18-11-12-19(13-18)21(20)23(26)27)24(14-16-7-3-1-4-8-16)15-17-9-5-2-6-10-17/h1-12,18-21H,13-15H2,(H,26,27)/t18-,19+,20-,21-/m0/s1. The second kappa shape index (κ2) is 7.39. The fraction of sp³-hybridized carbons (Fsp3) is 0.304. The molecule has 1 N–H and O–H groups in total. The summed E-state index contributed by atoms with van der Waals surface area (Å²) in [6.07, 6.45) is 4.79. The highest BCUT2D eigenvalue weighted by Gasteiger charge is 2.52. The van der Waals surface area contributed by atoms with E-state index in [1.807, 2.05) is 77.7 Å². The smallest absolute Gasteiger partial charge is 0.307 e. The zero-order valence-corrected chi connectivity index (χ0v) is 15.1. The lowest BCUT2D eigenvalue weighted by molar-refractivity contribution is -0.151. The van der Waals surface area contributed by atoms with Gasteiger partial charge in [0.2, 0.25) is 5.91 Å². The number of carboxylic acid groups (broad SMARTS) is 1. The molecule has 0 heterocycles. The van der Waals surface area contributed by atoms with E-state index in [1.54, 1.807) is 0 Å². The summed E-state index contributed by atoms with van der Waals surface area (Å²) in [6.45, 7) is 0.969. The van der Waals surface area contributed by atoms with Gasteiger partial charge >= 0.3 is 5.97 Å². The van der Waals surface area contributed by atoms with Crippen LogP contribution in [0.2, 0.25) is 0 Å². The summed E-state index contributed by atoms with van der Waals surface area (Å²) >= 11 is 0. The maximum Gasteiger partial charge on any atom is 0.307 e. The van der Waals surface area contributed by atoms with Gasteiger partial charge in [-0.05, 0) is 29.4 Å². The van der Waals surface area contributed by atoms with Crippen LogP contribution >= 0.6 is 0 Å². The second-order valence-corrected chi connectivity index (χ2v) is 7.50. The molecule has 0 unspecified atom stereocenters. The van der Waals surface area contributed by atoms with E-state index in [0.717, 1.165) is 17.5 Å². The van der Waals surface area contributed by atoms with E-state index >= 15 is 0 Å². The third-order valence-corrected chi connectivity index (χ3v) is 5.77. The number of hydrogen-bond donors (Lipinski definition) is 1. The lowest BCUT2D eigenvalue weighted by Crippen LogP contribution is -2.42. The summed E-state index contributed by atoms with van der Waals surface area (Å²) in [7, 11) is 0. The zero-order valence-electron chi connectivity index (χ0n) is 15.1. The van der Waals surface area contributed by atoms with Crippen molar-refractivity contribution >= 4 is 11.9 Å². The molecule has 2 aromatic rings. The molecule has 1 fully saturated rings. The molecule has 1 amide bonds. The Bertz CT molecular complexity index is 805. The molecule has 2 aliphatic rings. The Kier molecular flexibility index (Phi) is 4.80. The summed E-state index contributed by atoms with van der Waals surface area (Å²) in [5.74, 6) is -1.96. The minimum atomic E-state index is -0.857. The summed E-state index contributed by atoms with van der Waals surface area (Å²) in [5.41, 5.74) is 2.10. The minimum Gasteiger partial charge on any atom is -0.481 e. The Morgan fingerprint density at radius 3 is 1.78 bits per heavy atom. The van der Waals surface area contributed by atoms with E-state index in [4.69, 9.17) is 0 Å². The van der Waals surface area contributed by atoms with E-state index in [2.05, 4.69) is 0 Å². The van der Waals surface area contributed by atoms with Gasteiger partial charge in [-0.2, -0.15) is 0 Å². The third kappa shape index (κ3) is 3.52. The van der Waals surface area contributed by atoms with Gasteiger partial charge in [-0.15, -0.1) is 0 Å². The first-order valence-corrected chi connectivity index (χ1v) is 9.41. The van der Waals surface area contributed by atoms with Crippen LogP contribution in [0.5, 0.6) is 0 Å². The number of allylic oxidation sites excluding steroid dienone is 2. The maximum atomic E-state index is 13.5. The first kappa shape index (κ1) is 17.5. The molecule has 4 heteroatoms. The molecular formula is C23H23NO3. The van der Waals surface area contributed by atoms with Crippen molar-refractivity contribution in [3.63, 3.8) is 0 Å². The third-order valence-electron chi connectivity index (χ3n) is 5.77. The van der Waals surface area contributed by atoms with Gasteiger partial charge in [0.1, 0.15) is 0 Å². The van der Waals surface area contributed by atoms with Crippen molar-refractivity contribution in [2.45, 2.75) is 19.5 Å². The first-order valence-electron chi connectivity index (χ1n) is 9.41. The predicted molar refractivity (Wildman–Crippen MR) is 102 cm³/mol. The average molecular weight is 361 g/mol. The number of fused-ring (bicyclic) bond motifs is 2. The molecule has 0 spiro atoms. The molecule has 2 aliphatic carbocycles. The van der Waals surface area contributed by atoms with Gasteiger partial charge in [-0.25, -0.2) is 0 Å². The quantitative estimate of drug-likeness (QED) is 0.798. The highest BCUT2D eigenvalue weighted by atomic mass is 16.4. The van der Waals surface area contributed by atoms with Gasteiger partial charge in [0.25, 0.3) is 0 Å². The number of carbonyl (C=O) groups is 2. The first-order chi connectivity index (χ1) is 13.1. The molecule has 0 saturated heterocycles. The van der Waals surface area contributed by atoms with Crippen LogP contribution in [0.15, 0.2) is 72.8 Å². The molecule has 4 nitrogen and oxygen atoms in total. The maximum absolute atomic E-state index is 13.5. The minimum absolute atomic E-state index is 0.0169. The van der Waals surface area contributed by atoms with Crippen molar-refractivity contribution in [3.8, 4) is 0 Å². The number of aliphatic carboxylic acids is 1. The van der Waals surface area contributed by atoms with Crippen LogP contribution < -0.4 is 0 Å². The van der Waals surface area contributed by atoms with Gasteiger partial charge in [0.05, 0.1) is 11.8 Å². The Hall–Kier alpha value is -2.88. The van der Waals surface area contributed by atoms with Gasteiger partial charge in [-0.3, -0.25) is 9.59 Å². The number of benzene rings is 2. The molecule has 27 heavy (non-hydrogen) atoms. The van der Waals surface area contributed by atoms with Crippen LogP contribution in [0.4, 0.5) is 0 Å². The number of nitrogens with zero attached hydrogens (tertiary/aromatic N) is 1. The Morgan fingerprint density at radius 1 is 0.815 bits per heavy atom. The number of rotatable bonds is 6. The van der Waals surface area contributed by atoms with Crippen LogP contribution in [0.1, 0.15) is 17.5 Å². The average Bonchev–Trinajstić information content (AvgIpc) is 3.30. The van der Waals surface area contributed by atoms with E-state index in [1.165, 1.54) is 0 Å². The van der Waals surface area contributed by atoms with E-state index in [0.29, 0.717) is 13.1 Å². The normalized spacial score (nSPS) is 25.5. The summed E-state index contributed by atoms with van der Waals surface area (Å²) in [4.78, 5) is 27.1. The molecule has 2 aromatic carbocycles. The monoisotopic (exact) mass is 361 g/mol. The van der Waals surface area contributed by atoms with Crippen molar-refractivity contribution < 1.29 is 14.7 Å². The highest BCUT2D eigenvalue weighted by Crippen LogP contribution is 2.49. The van der Waals surface area contributed by atoms with Gasteiger partial charge in [0.15, 0.2) is 0 Å². The lowest BCUT2D eigenvalue weighted by Gasteiger charge is -2.31. The summed E-state index contributed by atoms with van der Waals surface area (Å²) < 4.78 is 0. The second-order valence-electron chi connectivity index (χ2n) is 7.50. The predicted octanol–water partition coefficient (Wildman–Crippen LogP) is 3.74. The summed E-state index contributed by atoms with van der Waals surface area (Å²) in [5, 5.41) is 9.71. The topological polar surface area (TPSA) is 57.6 Å². The zero-order chi connectivity index (χ0) is 18.8. The Morgan fingerprint density at radius 2 is 1.30 bits per heavy atom. The number of amides is 1. The van der Waals surface area contributed by atoms with Gasteiger partial charge < -0.3 is 10.0 Å². The number of carbonyl (C=O) groups excluding carboxylic acids is 1. The molecular weight excluding hydrogens is 338 g/mol. The van der Waals surface area contributed by atoms with Crippen molar-refractivity contribution in [1.29, 1.82) is 0 Å². The van der Waals surface area contributed by atoms with E-state index in [9.17, 15) is 14.7 Å². The van der Waals surface area contributed by atoms with Crippen molar-refractivity contribution in [3.05, 3.63) is 83.9 Å². The highest BCUT2D eigenvalue weighted by molar-refractivity contribution is 5.87. The Balaban J connectivity index is 1.62. The molecule has 4 atom stereocenters. The molecule has 1 saturated carbocycles. The van der Waals surface area contributed by atoms with Gasteiger partial charge in [-0.1, -0.05) is 72.8 Å². The van der Waals surface area contributed by atoms with Gasteiger partial charge in [0, 0.05) is 13.1 Å². The molecule has 4 rings (SSSR count). The summed E-state index contributed by atoms with van der Waals surface area (Å²) in [6, 6.07) is 19.7. The number of carboxylic acids is 1. The van der Waals surface area contributed by atoms with Crippen LogP contribution in [-0.4, -0.2) is 21.9 Å². The lowest BCUT2D eigenvalue weighted by atomic mass is 9.82. The van der Waals surface area contributed by atoms with Crippen LogP contribution in [0, 0.1) is 23.7 Å². The largest absolute Gasteiger partial charge is 0.481 e. The molecule has 0 aromatic heterocycles. The van der Waals surface area contributed by atoms with Crippen molar-refractivity contribution in [1.82, 2.24) is 4.90 Å². The van der Waals surface area contributed by atoms with Crippen LogP contribution in [0.3, 0.4) is 0 Å². The van der Waals surface area contributed by atoms with Crippen molar-refractivity contribution in [2.24, 2.45) is 23.7 Å². The molecule has 2 bridgehead atoms. The van der Waals surface area contributed by atoms with Crippen LogP contribution in [-0.2, 0) is 22.7 Å². The van der Waals surface area contributed by atoms with E-state index < -0.39 is 17.8 Å². The number of hydrogen-bond acceptors (Lipinski definition) is 2. The Labute approximate surface area is 159 Å². The molecule has 138 valence electrons.